The fourth-order valence-electron chi connectivity index (χ4n) is 4.83. The highest BCUT2D eigenvalue weighted by molar-refractivity contribution is 6.06. The largest absolute Gasteiger partial charge is 0.456 e. The van der Waals surface area contributed by atoms with Crippen molar-refractivity contribution >= 4 is 29.4 Å². The molecule has 142 valence electrons. The number of imide groups is 1. The third-order valence-electron chi connectivity index (χ3n) is 5.98. The smallest absolute Gasteiger partial charge is 0.308 e. The van der Waals surface area contributed by atoms with E-state index < -0.39 is 18.5 Å². The molecule has 1 aromatic carbocycles. The zero-order valence-electron chi connectivity index (χ0n) is 14.9. The average Bonchev–Trinajstić information content (AvgIpc) is 3.34. The minimum atomic E-state index is -0.598. The molecule has 0 aromatic heterocycles. The van der Waals surface area contributed by atoms with Gasteiger partial charge in [0.1, 0.15) is 0 Å². The van der Waals surface area contributed by atoms with Crippen LogP contribution in [-0.2, 0) is 23.9 Å². The van der Waals surface area contributed by atoms with Crippen molar-refractivity contribution < 1.29 is 23.9 Å². The molecular formula is C20H22N2O5. The van der Waals surface area contributed by atoms with Gasteiger partial charge in [-0.2, -0.15) is 0 Å². The summed E-state index contributed by atoms with van der Waals surface area (Å²) in [6, 6.07) is 8.86. The van der Waals surface area contributed by atoms with Gasteiger partial charge in [-0.05, 0) is 43.2 Å². The molecular weight excluding hydrogens is 348 g/mol. The molecule has 7 nitrogen and oxygen atoms in total. The van der Waals surface area contributed by atoms with Gasteiger partial charge in [-0.3, -0.25) is 24.1 Å². The number of rotatable bonds is 6. The molecule has 2 saturated carbocycles. The maximum absolute atomic E-state index is 12.6. The van der Waals surface area contributed by atoms with Crippen LogP contribution in [0.4, 0.5) is 5.69 Å². The molecule has 2 bridgehead atoms. The fourth-order valence-corrected chi connectivity index (χ4v) is 4.83. The maximum atomic E-state index is 12.6. The summed E-state index contributed by atoms with van der Waals surface area (Å²) in [5.74, 6) is -0.996. The zero-order valence-corrected chi connectivity index (χ0v) is 14.9. The Balaban J connectivity index is 1.23. The van der Waals surface area contributed by atoms with Gasteiger partial charge < -0.3 is 10.1 Å². The molecule has 0 spiro atoms. The van der Waals surface area contributed by atoms with E-state index in [1.165, 1.54) is 4.90 Å². The second-order valence-electron chi connectivity index (χ2n) is 7.54. The first-order valence-corrected chi connectivity index (χ1v) is 9.40. The Morgan fingerprint density at radius 1 is 1.04 bits per heavy atom. The van der Waals surface area contributed by atoms with E-state index in [1.807, 2.05) is 6.07 Å². The predicted molar refractivity (Wildman–Crippen MR) is 95.2 cm³/mol. The van der Waals surface area contributed by atoms with Crippen molar-refractivity contribution in [1.82, 2.24) is 4.90 Å². The first-order valence-electron chi connectivity index (χ1n) is 9.40. The third kappa shape index (κ3) is 3.34. The number of benzene rings is 1. The van der Waals surface area contributed by atoms with Crippen LogP contribution in [0.25, 0.3) is 0 Å². The summed E-state index contributed by atoms with van der Waals surface area (Å²) in [6.45, 7) is -0.367. The summed E-state index contributed by atoms with van der Waals surface area (Å²) in [7, 11) is 0. The number of nitrogens with one attached hydrogen (secondary N) is 1. The van der Waals surface area contributed by atoms with E-state index in [9.17, 15) is 19.2 Å². The second kappa shape index (κ2) is 7.13. The van der Waals surface area contributed by atoms with Crippen LogP contribution in [0.1, 0.15) is 25.7 Å². The molecule has 7 heteroatoms. The number of anilines is 1. The minimum Gasteiger partial charge on any atom is -0.456 e. The third-order valence-corrected chi connectivity index (χ3v) is 5.98. The second-order valence-corrected chi connectivity index (χ2v) is 7.54. The molecule has 1 saturated heterocycles. The minimum absolute atomic E-state index is 0.0310. The van der Waals surface area contributed by atoms with Crippen LogP contribution < -0.4 is 5.32 Å². The van der Waals surface area contributed by atoms with E-state index in [-0.39, 0.29) is 36.6 Å². The summed E-state index contributed by atoms with van der Waals surface area (Å²) in [6.07, 6.45) is 2.94. The molecule has 0 unspecified atom stereocenters. The summed E-state index contributed by atoms with van der Waals surface area (Å²) >= 11 is 0. The Kier molecular flexibility index (Phi) is 4.68. The SMILES string of the molecule is O=C(COC(=O)CCN1C(=O)[C@@H]2[C@H]3CC[C@@H](C3)[C@H]2C1=O)Nc1ccccc1. The number of likely N-dealkylation sites (tertiary alicyclic amines) is 1. The van der Waals surface area contributed by atoms with Crippen molar-refractivity contribution in [1.29, 1.82) is 0 Å². The fraction of sp³-hybridized carbons (Fsp3) is 0.500. The van der Waals surface area contributed by atoms with E-state index >= 15 is 0 Å². The van der Waals surface area contributed by atoms with Crippen molar-refractivity contribution in [3.8, 4) is 0 Å². The first-order chi connectivity index (χ1) is 13.0. The molecule has 4 atom stereocenters. The summed E-state index contributed by atoms with van der Waals surface area (Å²) in [5, 5.41) is 2.62. The normalized spacial score (nSPS) is 28.4. The Labute approximate surface area is 157 Å². The Morgan fingerprint density at radius 3 is 2.30 bits per heavy atom. The van der Waals surface area contributed by atoms with E-state index in [0.717, 1.165) is 19.3 Å². The average molecular weight is 370 g/mol. The number of esters is 1. The van der Waals surface area contributed by atoms with Crippen LogP contribution >= 0.6 is 0 Å². The van der Waals surface area contributed by atoms with Crippen LogP contribution in [0.2, 0.25) is 0 Å². The number of nitrogens with zero attached hydrogens (tertiary/aromatic N) is 1. The van der Waals surface area contributed by atoms with Crippen LogP contribution in [0.5, 0.6) is 0 Å². The molecule has 2 aliphatic carbocycles. The highest BCUT2D eigenvalue weighted by Crippen LogP contribution is 2.56. The van der Waals surface area contributed by atoms with Crippen LogP contribution in [0.15, 0.2) is 30.3 Å². The number of hydrogen-bond donors (Lipinski definition) is 1. The maximum Gasteiger partial charge on any atom is 0.308 e. The van der Waals surface area contributed by atoms with Gasteiger partial charge in [-0.1, -0.05) is 18.2 Å². The van der Waals surface area contributed by atoms with Gasteiger partial charge in [0.25, 0.3) is 5.91 Å². The van der Waals surface area contributed by atoms with Crippen molar-refractivity contribution in [2.45, 2.75) is 25.7 Å². The lowest BCUT2D eigenvalue weighted by Crippen LogP contribution is -2.35. The molecule has 1 N–H and O–H groups in total. The summed E-state index contributed by atoms with van der Waals surface area (Å²) < 4.78 is 4.95. The van der Waals surface area contributed by atoms with Crippen LogP contribution in [-0.4, -0.2) is 41.7 Å². The molecule has 1 aromatic rings. The first kappa shape index (κ1) is 17.7. The lowest BCUT2D eigenvalue weighted by Gasteiger charge is -2.19. The van der Waals surface area contributed by atoms with Crippen molar-refractivity contribution in [3.63, 3.8) is 0 Å². The molecule has 4 rings (SSSR count). The molecule has 1 aliphatic heterocycles. The number of hydrogen-bond acceptors (Lipinski definition) is 5. The van der Waals surface area contributed by atoms with E-state index in [2.05, 4.69) is 5.32 Å². The highest BCUT2D eigenvalue weighted by Gasteiger charge is 2.60. The summed E-state index contributed by atoms with van der Waals surface area (Å²) in [4.78, 5) is 50.0. The summed E-state index contributed by atoms with van der Waals surface area (Å²) in [5.41, 5.74) is 0.618. The number of amides is 3. The van der Waals surface area contributed by atoms with Crippen molar-refractivity contribution in [2.24, 2.45) is 23.7 Å². The van der Waals surface area contributed by atoms with Gasteiger partial charge >= 0.3 is 5.97 Å². The number of fused-ring (bicyclic) bond motifs is 5. The van der Waals surface area contributed by atoms with Crippen molar-refractivity contribution in [2.75, 3.05) is 18.5 Å². The van der Waals surface area contributed by atoms with Gasteiger partial charge in [0.2, 0.25) is 11.8 Å². The van der Waals surface area contributed by atoms with E-state index in [0.29, 0.717) is 17.5 Å². The molecule has 3 aliphatic rings. The molecule has 1 heterocycles. The topological polar surface area (TPSA) is 92.8 Å². The number of carbonyl (C=O) groups is 4. The van der Waals surface area contributed by atoms with Gasteiger partial charge in [0.15, 0.2) is 6.61 Å². The zero-order chi connectivity index (χ0) is 19.0. The number of para-hydroxylation sites is 1. The van der Waals surface area contributed by atoms with E-state index in [4.69, 9.17) is 4.74 Å². The lowest BCUT2D eigenvalue weighted by molar-refractivity contribution is -0.149. The number of carbonyl (C=O) groups excluding carboxylic acids is 4. The molecule has 3 amide bonds. The predicted octanol–water partition coefficient (Wildman–Crippen LogP) is 1.59. The molecule has 3 fully saturated rings. The van der Waals surface area contributed by atoms with E-state index in [1.54, 1.807) is 24.3 Å². The van der Waals surface area contributed by atoms with Gasteiger partial charge in [-0.15, -0.1) is 0 Å². The quantitative estimate of drug-likeness (QED) is 0.606. The highest BCUT2D eigenvalue weighted by atomic mass is 16.5. The van der Waals surface area contributed by atoms with Gasteiger partial charge in [0.05, 0.1) is 18.3 Å². The Bertz CT molecular complexity index is 750. The Hall–Kier alpha value is -2.70. The van der Waals surface area contributed by atoms with Crippen LogP contribution in [0.3, 0.4) is 0 Å². The Morgan fingerprint density at radius 2 is 1.67 bits per heavy atom. The van der Waals surface area contributed by atoms with Crippen molar-refractivity contribution in [3.05, 3.63) is 30.3 Å². The van der Waals surface area contributed by atoms with Gasteiger partial charge in [0, 0.05) is 12.2 Å². The number of ether oxygens (including phenoxy) is 1. The standard InChI is InChI=1S/C20H22N2O5/c23-15(21-14-4-2-1-3-5-14)11-27-16(24)8-9-22-19(25)17-12-6-7-13(10-12)18(17)20(22)26/h1-5,12-13,17-18H,6-11H2,(H,21,23)/t12-,13-,17+,18+/m0/s1. The lowest BCUT2D eigenvalue weighted by atomic mass is 9.81. The monoisotopic (exact) mass is 370 g/mol. The van der Waals surface area contributed by atoms with Gasteiger partial charge in [-0.25, -0.2) is 0 Å². The van der Waals surface area contributed by atoms with Crippen LogP contribution in [0, 0.1) is 23.7 Å². The molecule has 0 radical (unpaired) electrons. The molecule has 27 heavy (non-hydrogen) atoms.